The van der Waals surface area contributed by atoms with Crippen LogP contribution >= 0.6 is 34.8 Å². The standard InChI is InChI=1S/C13H10Cl3FN2/c1-6-2-11(18)8(14)5-12(6)19-13-9(15)3-7(17)4-10(13)16/h2-5,19H,18H2,1H3. The van der Waals surface area contributed by atoms with E-state index in [1.165, 1.54) is 12.1 Å². The van der Waals surface area contributed by atoms with Crippen LogP contribution in [0.4, 0.5) is 21.5 Å². The van der Waals surface area contributed by atoms with E-state index in [2.05, 4.69) is 5.32 Å². The number of hydrogen-bond acceptors (Lipinski definition) is 2. The maximum absolute atomic E-state index is 13.1. The molecule has 0 atom stereocenters. The van der Waals surface area contributed by atoms with E-state index >= 15 is 0 Å². The number of anilines is 3. The van der Waals surface area contributed by atoms with Gasteiger partial charge in [0.25, 0.3) is 0 Å². The van der Waals surface area contributed by atoms with Crippen LogP contribution in [-0.2, 0) is 0 Å². The van der Waals surface area contributed by atoms with E-state index in [9.17, 15) is 4.39 Å². The Morgan fingerprint density at radius 3 is 2.16 bits per heavy atom. The molecule has 2 aromatic rings. The third kappa shape index (κ3) is 3.06. The predicted molar refractivity (Wildman–Crippen MR) is 80.3 cm³/mol. The van der Waals surface area contributed by atoms with Crippen LogP contribution in [0.15, 0.2) is 24.3 Å². The van der Waals surface area contributed by atoms with Gasteiger partial charge in [-0.2, -0.15) is 0 Å². The summed E-state index contributed by atoms with van der Waals surface area (Å²) in [6.45, 7) is 1.86. The average molecular weight is 320 g/mol. The average Bonchev–Trinajstić information content (AvgIpc) is 2.29. The van der Waals surface area contributed by atoms with Crippen LogP contribution in [0.1, 0.15) is 5.56 Å². The second kappa shape index (κ2) is 5.45. The van der Waals surface area contributed by atoms with Gasteiger partial charge in [-0.1, -0.05) is 34.8 Å². The number of nitrogen functional groups attached to an aromatic ring is 1. The topological polar surface area (TPSA) is 38.0 Å². The summed E-state index contributed by atoms with van der Waals surface area (Å²) in [5.74, 6) is -0.493. The molecule has 0 spiro atoms. The first-order chi connectivity index (χ1) is 8.88. The number of benzene rings is 2. The first-order valence-electron chi connectivity index (χ1n) is 5.35. The van der Waals surface area contributed by atoms with Crippen molar-refractivity contribution in [2.45, 2.75) is 6.92 Å². The predicted octanol–water partition coefficient (Wildman–Crippen LogP) is 5.42. The Balaban J connectivity index is 2.45. The Morgan fingerprint density at radius 1 is 1.00 bits per heavy atom. The van der Waals surface area contributed by atoms with E-state index in [-0.39, 0.29) is 10.0 Å². The number of nitrogens with one attached hydrogen (secondary N) is 1. The molecule has 0 aromatic heterocycles. The van der Waals surface area contributed by atoms with Crippen LogP contribution in [0.5, 0.6) is 0 Å². The Kier molecular flexibility index (Phi) is 4.09. The number of hydrogen-bond donors (Lipinski definition) is 2. The molecule has 2 aromatic carbocycles. The van der Waals surface area contributed by atoms with E-state index in [1.54, 1.807) is 12.1 Å². The van der Waals surface area contributed by atoms with Crippen molar-refractivity contribution in [1.82, 2.24) is 0 Å². The molecule has 3 N–H and O–H groups in total. The summed E-state index contributed by atoms with van der Waals surface area (Å²) in [5, 5.41) is 3.84. The molecular formula is C13H10Cl3FN2. The normalized spacial score (nSPS) is 10.6. The number of halogens is 4. The largest absolute Gasteiger partial charge is 0.398 e. The zero-order valence-corrected chi connectivity index (χ0v) is 12.2. The van der Waals surface area contributed by atoms with Crippen molar-refractivity contribution in [2.24, 2.45) is 0 Å². The van der Waals surface area contributed by atoms with Crippen molar-refractivity contribution >= 4 is 51.9 Å². The van der Waals surface area contributed by atoms with E-state index in [4.69, 9.17) is 40.5 Å². The fraction of sp³-hybridized carbons (Fsp3) is 0.0769. The minimum absolute atomic E-state index is 0.192. The lowest BCUT2D eigenvalue weighted by molar-refractivity contribution is 0.628. The van der Waals surface area contributed by atoms with Gasteiger partial charge in [0.2, 0.25) is 0 Å². The lowest BCUT2D eigenvalue weighted by Crippen LogP contribution is -1.97. The van der Waals surface area contributed by atoms with Crippen LogP contribution in [0, 0.1) is 12.7 Å². The molecule has 2 nitrogen and oxygen atoms in total. The van der Waals surface area contributed by atoms with E-state index in [1.807, 2.05) is 6.92 Å². The van der Waals surface area contributed by atoms with Crippen LogP contribution in [0.25, 0.3) is 0 Å². The first kappa shape index (κ1) is 14.3. The summed E-state index contributed by atoms with van der Waals surface area (Å²) in [4.78, 5) is 0. The summed E-state index contributed by atoms with van der Waals surface area (Å²) in [6, 6.07) is 5.77. The van der Waals surface area contributed by atoms with Crippen LogP contribution in [-0.4, -0.2) is 0 Å². The molecule has 19 heavy (non-hydrogen) atoms. The zero-order chi connectivity index (χ0) is 14.2. The molecule has 6 heteroatoms. The highest BCUT2D eigenvalue weighted by atomic mass is 35.5. The van der Waals surface area contributed by atoms with Crippen molar-refractivity contribution < 1.29 is 4.39 Å². The molecule has 0 aliphatic carbocycles. The van der Waals surface area contributed by atoms with Crippen LogP contribution < -0.4 is 11.1 Å². The molecule has 100 valence electrons. The van der Waals surface area contributed by atoms with Gasteiger partial charge >= 0.3 is 0 Å². The minimum atomic E-state index is -0.493. The van der Waals surface area contributed by atoms with E-state index in [0.29, 0.717) is 22.1 Å². The number of rotatable bonds is 2. The van der Waals surface area contributed by atoms with Crippen LogP contribution in [0.2, 0.25) is 15.1 Å². The third-order valence-electron chi connectivity index (χ3n) is 2.61. The van der Waals surface area contributed by atoms with Gasteiger partial charge in [0.1, 0.15) is 5.82 Å². The summed E-state index contributed by atoms with van der Waals surface area (Å²) < 4.78 is 13.1. The molecule has 0 aliphatic rings. The van der Waals surface area contributed by atoms with E-state index < -0.39 is 5.82 Å². The molecule has 2 rings (SSSR count). The second-order valence-corrected chi connectivity index (χ2v) is 5.28. The molecule has 0 saturated carbocycles. The van der Waals surface area contributed by atoms with Crippen molar-refractivity contribution in [2.75, 3.05) is 11.1 Å². The molecule has 0 unspecified atom stereocenters. The minimum Gasteiger partial charge on any atom is -0.398 e. The first-order valence-corrected chi connectivity index (χ1v) is 6.49. The summed E-state index contributed by atoms with van der Waals surface area (Å²) >= 11 is 17.9. The summed E-state index contributed by atoms with van der Waals surface area (Å²) in [7, 11) is 0. The van der Waals surface area contributed by atoms with E-state index in [0.717, 1.165) is 5.56 Å². The maximum atomic E-state index is 13.1. The van der Waals surface area contributed by atoms with Gasteiger partial charge in [-0.25, -0.2) is 4.39 Å². The summed E-state index contributed by atoms with van der Waals surface area (Å²) in [5.41, 5.74) is 8.19. The Labute approximate surface area is 125 Å². The molecular weight excluding hydrogens is 310 g/mol. The zero-order valence-electron chi connectivity index (χ0n) is 9.90. The molecule has 0 bridgehead atoms. The molecule has 0 radical (unpaired) electrons. The van der Waals surface area contributed by atoms with Crippen molar-refractivity contribution in [3.05, 3.63) is 50.7 Å². The molecule has 0 amide bonds. The van der Waals surface area contributed by atoms with Gasteiger partial charge in [0, 0.05) is 5.69 Å². The summed E-state index contributed by atoms with van der Waals surface area (Å²) in [6.07, 6.45) is 0. The van der Waals surface area contributed by atoms with Gasteiger partial charge < -0.3 is 11.1 Å². The highest BCUT2D eigenvalue weighted by Crippen LogP contribution is 2.36. The molecule has 0 fully saturated rings. The van der Waals surface area contributed by atoms with Gasteiger partial charge in [0.05, 0.1) is 26.4 Å². The van der Waals surface area contributed by atoms with Crippen molar-refractivity contribution in [3.8, 4) is 0 Å². The SMILES string of the molecule is Cc1cc(N)c(Cl)cc1Nc1c(Cl)cc(F)cc1Cl. The highest BCUT2D eigenvalue weighted by Gasteiger charge is 2.11. The third-order valence-corrected chi connectivity index (χ3v) is 3.53. The quantitative estimate of drug-likeness (QED) is 0.725. The number of nitrogens with two attached hydrogens (primary N) is 1. The lowest BCUT2D eigenvalue weighted by atomic mass is 10.1. The highest BCUT2D eigenvalue weighted by molar-refractivity contribution is 6.39. The number of aryl methyl sites for hydroxylation is 1. The fourth-order valence-electron chi connectivity index (χ4n) is 1.63. The molecule has 0 heterocycles. The van der Waals surface area contributed by atoms with Gasteiger partial charge in [-0.05, 0) is 36.8 Å². The lowest BCUT2D eigenvalue weighted by Gasteiger charge is -2.14. The second-order valence-electron chi connectivity index (χ2n) is 4.06. The Hall–Kier alpha value is -1.16. The van der Waals surface area contributed by atoms with Gasteiger partial charge in [-0.3, -0.25) is 0 Å². The fourth-order valence-corrected chi connectivity index (χ4v) is 2.35. The van der Waals surface area contributed by atoms with Crippen molar-refractivity contribution in [3.63, 3.8) is 0 Å². The Bertz CT molecular complexity index is 621. The monoisotopic (exact) mass is 318 g/mol. The molecule has 0 aliphatic heterocycles. The van der Waals surface area contributed by atoms with Gasteiger partial charge in [0.15, 0.2) is 0 Å². The Morgan fingerprint density at radius 2 is 1.58 bits per heavy atom. The smallest absolute Gasteiger partial charge is 0.126 e. The molecule has 0 saturated heterocycles. The van der Waals surface area contributed by atoms with Crippen molar-refractivity contribution in [1.29, 1.82) is 0 Å². The van der Waals surface area contributed by atoms with Gasteiger partial charge in [-0.15, -0.1) is 0 Å². The maximum Gasteiger partial charge on any atom is 0.126 e. The van der Waals surface area contributed by atoms with Crippen LogP contribution in [0.3, 0.4) is 0 Å².